The van der Waals surface area contributed by atoms with Crippen LogP contribution in [0.25, 0.3) is 0 Å². The predicted molar refractivity (Wildman–Crippen MR) is 71.5 cm³/mol. The summed E-state index contributed by atoms with van der Waals surface area (Å²) in [6, 6.07) is 5.37. The minimum absolute atomic E-state index is 0.157. The Morgan fingerprint density at radius 2 is 1.43 bits per heavy atom. The van der Waals surface area contributed by atoms with Gasteiger partial charge in [0.25, 0.3) is 11.8 Å². The highest BCUT2D eigenvalue weighted by atomic mass is 32.2. The molecule has 0 saturated carbocycles. The number of carbonyl (C=O) groups excluding carboxylic acids is 2. The van der Waals surface area contributed by atoms with Crippen LogP contribution in [0.4, 0.5) is 0 Å². The van der Waals surface area contributed by atoms with Crippen LogP contribution in [-0.2, 0) is 24.0 Å². The molecule has 8 heteroatoms. The van der Waals surface area contributed by atoms with E-state index >= 15 is 0 Å². The Balaban J connectivity index is 2.26. The van der Waals surface area contributed by atoms with E-state index in [2.05, 4.69) is 4.28 Å². The van der Waals surface area contributed by atoms with Crippen molar-refractivity contribution >= 4 is 21.9 Å². The summed E-state index contributed by atoms with van der Waals surface area (Å²) in [7, 11) is -2.84. The zero-order chi connectivity index (χ0) is 15.8. The average molecular weight is 311 g/mol. The van der Waals surface area contributed by atoms with Gasteiger partial charge in [-0.05, 0) is 38.1 Å². The zero-order valence-electron chi connectivity index (χ0n) is 11.6. The molecule has 1 aromatic rings. The summed E-state index contributed by atoms with van der Waals surface area (Å²) < 4.78 is 33.7. The number of hydroxylamine groups is 2. The van der Waals surface area contributed by atoms with Crippen LogP contribution in [-0.4, -0.2) is 32.4 Å². The molecule has 2 amide bonds. The van der Waals surface area contributed by atoms with Gasteiger partial charge in [0.1, 0.15) is 5.75 Å². The topological polar surface area (TPSA) is 90.0 Å². The lowest BCUT2D eigenvalue weighted by Crippen LogP contribution is -2.34. The molecule has 0 radical (unpaired) electrons. The fourth-order valence-corrected chi connectivity index (χ4v) is 2.56. The molecule has 0 atom stereocenters. The van der Waals surface area contributed by atoms with Gasteiger partial charge < -0.3 is 4.74 Å². The second kappa shape index (κ2) is 5.30. The summed E-state index contributed by atoms with van der Waals surface area (Å²) in [6.07, 6.45) is 0. The first-order valence-electron chi connectivity index (χ1n) is 5.93. The van der Waals surface area contributed by atoms with Crippen molar-refractivity contribution in [2.75, 3.05) is 7.11 Å². The number of amides is 2. The van der Waals surface area contributed by atoms with E-state index in [1.807, 2.05) is 0 Å². The van der Waals surface area contributed by atoms with Crippen molar-refractivity contribution < 1.29 is 27.0 Å². The highest BCUT2D eigenvalue weighted by molar-refractivity contribution is 7.86. The Bertz CT molecular complexity index is 708. The lowest BCUT2D eigenvalue weighted by Gasteiger charge is -2.13. The van der Waals surface area contributed by atoms with Crippen LogP contribution in [0.2, 0.25) is 0 Å². The Labute approximate surface area is 121 Å². The predicted octanol–water partition coefficient (Wildman–Crippen LogP) is 1.02. The van der Waals surface area contributed by atoms with Crippen molar-refractivity contribution in [3.05, 3.63) is 35.4 Å². The van der Waals surface area contributed by atoms with Crippen LogP contribution in [0.15, 0.2) is 40.3 Å². The van der Waals surface area contributed by atoms with E-state index in [9.17, 15) is 18.0 Å². The highest BCUT2D eigenvalue weighted by Crippen LogP contribution is 2.24. The maximum absolute atomic E-state index is 12.1. The van der Waals surface area contributed by atoms with Gasteiger partial charge in [0, 0.05) is 11.1 Å². The number of nitrogens with zero attached hydrogens (tertiary/aromatic N) is 1. The van der Waals surface area contributed by atoms with Crippen molar-refractivity contribution in [2.45, 2.75) is 18.7 Å². The van der Waals surface area contributed by atoms with Crippen LogP contribution in [0.1, 0.15) is 13.8 Å². The number of methoxy groups -OCH3 is 1. The first-order chi connectivity index (χ1) is 9.77. The normalized spacial score (nSPS) is 15.9. The van der Waals surface area contributed by atoms with E-state index in [-0.39, 0.29) is 21.1 Å². The molecule has 0 N–H and O–H groups in total. The maximum Gasteiger partial charge on any atom is 0.318 e. The molecule has 0 saturated heterocycles. The van der Waals surface area contributed by atoms with Crippen LogP contribution in [0, 0.1) is 0 Å². The molecule has 1 heterocycles. The van der Waals surface area contributed by atoms with Crippen LogP contribution in [0.3, 0.4) is 0 Å². The number of ether oxygens (including phenoxy) is 1. The number of imide groups is 1. The first-order valence-corrected chi connectivity index (χ1v) is 7.33. The van der Waals surface area contributed by atoms with E-state index in [4.69, 9.17) is 4.74 Å². The quantitative estimate of drug-likeness (QED) is 0.771. The van der Waals surface area contributed by atoms with E-state index in [0.717, 1.165) is 0 Å². The van der Waals surface area contributed by atoms with Gasteiger partial charge in [0.05, 0.1) is 12.0 Å². The van der Waals surface area contributed by atoms with Crippen molar-refractivity contribution in [1.29, 1.82) is 0 Å². The van der Waals surface area contributed by atoms with E-state index in [0.29, 0.717) is 5.75 Å². The number of rotatable bonds is 4. The van der Waals surface area contributed by atoms with Gasteiger partial charge >= 0.3 is 10.1 Å². The Kier molecular flexibility index (Phi) is 3.84. The number of hydrogen-bond acceptors (Lipinski definition) is 6. The first kappa shape index (κ1) is 15.2. The monoisotopic (exact) mass is 311 g/mol. The molecule has 0 aromatic heterocycles. The third-order valence-electron chi connectivity index (χ3n) is 3.09. The van der Waals surface area contributed by atoms with Crippen molar-refractivity contribution in [3.63, 3.8) is 0 Å². The Hall–Kier alpha value is -2.19. The van der Waals surface area contributed by atoms with Gasteiger partial charge in [-0.2, -0.15) is 8.42 Å². The van der Waals surface area contributed by atoms with Gasteiger partial charge in [-0.3, -0.25) is 9.59 Å². The summed E-state index contributed by atoms with van der Waals surface area (Å²) in [5.74, 6) is -1.10. The van der Waals surface area contributed by atoms with Gasteiger partial charge in [-0.15, -0.1) is 9.35 Å². The molecule has 21 heavy (non-hydrogen) atoms. The Morgan fingerprint density at radius 3 is 1.86 bits per heavy atom. The summed E-state index contributed by atoms with van der Waals surface area (Å²) in [6.45, 7) is 2.86. The van der Waals surface area contributed by atoms with Crippen LogP contribution >= 0.6 is 0 Å². The lowest BCUT2D eigenvalue weighted by atomic mass is 10.2. The molecule has 1 aromatic carbocycles. The van der Waals surface area contributed by atoms with Gasteiger partial charge in [0.2, 0.25) is 0 Å². The zero-order valence-corrected chi connectivity index (χ0v) is 12.4. The van der Waals surface area contributed by atoms with Crippen molar-refractivity contribution in [2.24, 2.45) is 0 Å². The smallest absolute Gasteiger partial charge is 0.318 e. The van der Waals surface area contributed by atoms with Gasteiger partial charge in [-0.1, -0.05) is 0 Å². The SMILES string of the molecule is COc1ccc(S(=O)(=O)ON2C(=O)C(C)=C(C)C2=O)cc1. The van der Waals surface area contributed by atoms with Crippen LogP contribution < -0.4 is 4.74 Å². The highest BCUT2D eigenvalue weighted by Gasteiger charge is 2.38. The molecule has 0 unspecified atom stereocenters. The molecule has 1 aliphatic heterocycles. The van der Waals surface area contributed by atoms with E-state index in [1.165, 1.54) is 45.2 Å². The summed E-state index contributed by atoms with van der Waals surface area (Å²) in [5, 5.41) is 0.254. The minimum Gasteiger partial charge on any atom is -0.497 e. The minimum atomic E-state index is -4.28. The molecule has 0 spiro atoms. The molecular weight excluding hydrogens is 298 g/mol. The number of hydrogen-bond donors (Lipinski definition) is 0. The van der Waals surface area contributed by atoms with E-state index < -0.39 is 21.9 Å². The molecule has 0 aliphatic carbocycles. The number of carbonyl (C=O) groups is 2. The van der Waals surface area contributed by atoms with E-state index in [1.54, 1.807) is 0 Å². The lowest BCUT2D eigenvalue weighted by molar-refractivity contribution is -0.162. The maximum atomic E-state index is 12.1. The van der Waals surface area contributed by atoms with Crippen molar-refractivity contribution in [3.8, 4) is 5.75 Å². The number of benzene rings is 1. The summed E-state index contributed by atoms with van der Waals surface area (Å²) in [5.41, 5.74) is 0.315. The standard InChI is InChI=1S/C13H13NO6S/c1-8-9(2)13(16)14(12(8)15)20-21(17,18)11-6-4-10(19-3)5-7-11/h4-7H,1-3H3. The molecule has 2 rings (SSSR count). The molecule has 1 aliphatic rings. The summed E-state index contributed by atoms with van der Waals surface area (Å²) in [4.78, 5) is 23.4. The molecular formula is C13H13NO6S. The second-order valence-electron chi connectivity index (χ2n) is 4.36. The van der Waals surface area contributed by atoms with Gasteiger partial charge in [0.15, 0.2) is 0 Å². The largest absolute Gasteiger partial charge is 0.497 e. The fourth-order valence-electron chi connectivity index (χ4n) is 1.67. The molecule has 112 valence electrons. The molecule has 0 fully saturated rings. The van der Waals surface area contributed by atoms with Crippen LogP contribution in [0.5, 0.6) is 5.75 Å². The van der Waals surface area contributed by atoms with Gasteiger partial charge in [-0.25, -0.2) is 0 Å². The Morgan fingerprint density at radius 1 is 0.952 bits per heavy atom. The third kappa shape index (κ3) is 2.67. The summed E-state index contributed by atoms with van der Waals surface area (Å²) >= 11 is 0. The average Bonchev–Trinajstić information content (AvgIpc) is 2.65. The third-order valence-corrected chi connectivity index (χ3v) is 4.29. The second-order valence-corrected chi connectivity index (χ2v) is 5.89. The fraction of sp³-hybridized carbons (Fsp3) is 0.231. The van der Waals surface area contributed by atoms with Crippen molar-refractivity contribution in [1.82, 2.24) is 5.06 Å². The molecule has 7 nitrogen and oxygen atoms in total. The molecule has 0 bridgehead atoms.